The van der Waals surface area contributed by atoms with Crippen molar-refractivity contribution in [3.8, 4) is 5.75 Å². The van der Waals surface area contributed by atoms with Crippen LogP contribution in [-0.2, 0) is 11.4 Å². The molecule has 0 fully saturated rings. The Morgan fingerprint density at radius 1 is 1.29 bits per heavy atom. The molecular weight excluding hydrogens is 295 g/mol. The molecule has 0 bridgehead atoms. The van der Waals surface area contributed by atoms with Gasteiger partial charge in [-0.25, -0.2) is 9.18 Å². The lowest BCUT2D eigenvalue weighted by atomic mass is 10.1. The van der Waals surface area contributed by atoms with E-state index in [1.165, 1.54) is 18.2 Å². The fraction of sp³-hybridized carbons (Fsp3) is 0.0625. The lowest BCUT2D eigenvalue weighted by Gasteiger charge is -2.10. The molecule has 2 aromatic carbocycles. The minimum atomic E-state index is -1.10. The van der Waals surface area contributed by atoms with Crippen LogP contribution in [0.15, 0.2) is 48.5 Å². The average molecular weight is 307 g/mol. The molecule has 2 rings (SSSR count). The van der Waals surface area contributed by atoms with Gasteiger partial charge in [0.2, 0.25) is 0 Å². The summed E-state index contributed by atoms with van der Waals surface area (Å²) in [5, 5.41) is 9.12. The molecule has 0 saturated heterocycles. The van der Waals surface area contributed by atoms with Gasteiger partial charge < -0.3 is 9.84 Å². The summed E-state index contributed by atoms with van der Waals surface area (Å²) in [6, 6.07) is 11.1. The van der Waals surface area contributed by atoms with E-state index in [1.807, 2.05) is 0 Å². The van der Waals surface area contributed by atoms with E-state index >= 15 is 0 Å². The van der Waals surface area contributed by atoms with Crippen LogP contribution in [0.4, 0.5) is 4.39 Å². The van der Waals surface area contributed by atoms with Gasteiger partial charge in [-0.15, -0.1) is 0 Å². The second-order valence-electron chi connectivity index (χ2n) is 4.23. The summed E-state index contributed by atoms with van der Waals surface area (Å²) >= 11 is 5.98. The Balaban J connectivity index is 2.20. The second-order valence-corrected chi connectivity index (χ2v) is 4.64. The van der Waals surface area contributed by atoms with Gasteiger partial charge in [0.1, 0.15) is 18.2 Å². The highest BCUT2D eigenvalue weighted by molar-refractivity contribution is 6.32. The largest absolute Gasteiger partial charge is 0.487 e. The van der Waals surface area contributed by atoms with Gasteiger partial charge in [-0.2, -0.15) is 0 Å². The number of hydrogen-bond donors (Lipinski definition) is 1. The van der Waals surface area contributed by atoms with Crippen molar-refractivity contribution in [2.75, 3.05) is 0 Å². The van der Waals surface area contributed by atoms with Crippen molar-refractivity contribution >= 4 is 23.6 Å². The summed E-state index contributed by atoms with van der Waals surface area (Å²) in [7, 11) is 0. The number of carboxylic acid groups (broad SMARTS) is 1. The van der Waals surface area contributed by atoms with Gasteiger partial charge in [0.25, 0.3) is 0 Å². The van der Waals surface area contributed by atoms with E-state index in [1.54, 1.807) is 30.3 Å². The molecule has 108 valence electrons. The van der Waals surface area contributed by atoms with Crippen LogP contribution < -0.4 is 4.74 Å². The fourth-order valence-corrected chi connectivity index (χ4v) is 1.92. The summed E-state index contributed by atoms with van der Waals surface area (Å²) in [5.74, 6) is -1.03. The van der Waals surface area contributed by atoms with E-state index in [4.69, 9.17) is 21.4 Å². The molecule has 0 aliphatic carbocycles. The third kappa shape index (κ3) is 4.33. The number of aliphatic carboxylic acids is 1. The number of rotatable bonds is 5. The van der Waals surface area contributed by atoms with E-state index in [0.29, 0.717) is 21.9 Å². The zero-order chi connectivity index (χ0) is 15.2. The first-order valence-electron chi connectivity index (χ1n) is 6.13. The molecule has 5 heteroatoms. The average Bonchev–Trinajstić information content (AvgIpc) is 2.45. The number of benzene rings is 2. The Kier molecular flexibility index (Phi) is 4.95. The van der Waals surface area contributed by atoms with Crippen molar-refractivity contribution in [1.82, 2.24) is 0 Å². The van der Waals surface area contributed by atoms with Crippen LogP contribution in [-0.4, -0.2) is 11.1 Å². The Hall–Kier alpha value is -2.33. The van der Waals surface area contributed by atoms with Gasteiger partial charge >= 0.3 is 5.97 Å². The quantitative estimate of drug-likeness (QED) is 0.844. The van der Waals surface area contributed by atoms with Crippen molar-refractivity contribution in [3.05, 3.63) is 70.5 Å². The first-order valence-corrected chi connectivity index (χ1v) is 6.51. The monoisotopic (exact) mass is 306 g/mol. The predicted molar refractivity (Wildman–Crippen MR) is 78.9 cm³/mol. The molecule has 3 nitrogen and oxygen atoms in total. The van der Waals surface area contributed by atoms with E-state index in [-0.39, 0.29) is 6.61 Å². The van der Waals surface area contributed by atoms with E-state index < -0.39 is 11.8 Å². The molecule has 2 aromatic rings. The van der Waals surface area contributed by atoms with Crippen LogP contribution in [0, 0.1) is 5.82 Å². The molecule has 0 spiro atoms. The van der Waals surface area contributed by atoms with Gasteiger partial charge in [-0.05, 0) is 41.5 Å². The molecule has 0 unspecified atom stereocenters. The zero-order valence-corrected chi connectivity index (χ0v) is 11.7. The molecular formula is C16H12ClFO3. The maximum atomic E-state index is 13.3. The number of carbonyl (C=O) groups is 1. The van der Waals surface area contributed by atoms with Crippen LogP contribution in [0.5, 0.6) is 5.75 Å². The van der Waals surface area contributed by atoms with Crippen molar-refractivity contribution < 1.29 is 19.0 Å². The number of ether oxygens (including phenoxy) is 1. The van der Waals surface area contributed by atoms with Crippen LogP contribution in [0.3, 0.4) is 0 Å². The van der Waals surface area contributed by atoms with Crippen LogP contribution in [0.25, 0.3) is 6.08 Å². The van der Waals surface area contributed by atoms with E-state index in [9.17, 15) is 9.18 Å². The standard InChI is InChI=1S/C16H12ClFO3/c17-14-3-1-2-4-15(14)21-10-12-5-7-13(18)9-11(12)6-8-16(19)20/h1-9H,10H2,(H,19,20). The molecule has 0 aliphatic heterocycles. The van der Waals surface area contributed by atoms with Gasteiger partial charge in [-0.1, -0.05) is 29.8 Å². The minimum Gasteiger partial charge on any atom is -0.487 e. The third-order valence-corrected chi connectivity index (χ3v) is 3.05. The van der Waals surface area contributed by atoms with Gasteiger partial charge in [-0.3, -0.25) is 0 Å². The Morgan fingerprint density at radius 2 is 2.05 bits per heavy atom. The molecule has 0 aliphatic rings. The smallest absolute Gasteiger partial charge is 0.328 e. The number of hydrogen-bond acceptors (Lipinski definition) is 2. The van der Waals surface area contributed by atoms with E-state index in [2.05, 4.69) is 0 Å². The topological polar surface area (TPSA) is 46.5 Å². The summed E-state index contributed by atoms with van der Waals surface area (Å²) in [5.41, 5.74) is 1.11. The van der Waals surface area contributed by atoms with E-state index in [0.717, 1.165) is 6.08 Å². The number of halogens is 2. The highest BCUT2D eigenvalue weighted by Gasteiger charge is 2.05. The maximum absolute atomic E-state index is 13.3. The summed E-state index contributed by atoms with van der Waals surface area (Å²) < 4.78 is 18.8. The van der Waals surface area contributed by atoms with Gasteiger partial charge in [0.15, 0.2) is 0 Å². The summed E-state index contributed by atoms with van der Waals surface area (Å²) in [6.07, 6.45) is 2.28. The Bertz CT molecular complexity index is 683. The molecule has 21 heavy (non-hydrogen) atoms. The zero-order valence-electron chi connectivity index (χ0n) is 10.9. The first kappa shape index (κ1) is 15.1. The van der Waals surface area contributed by atoms with Gasteiger partial charge in [0.05, 0.1) is 5.02 Å². The van der Waals surface area contributed by atoms with Crippen molar-refractivity contribution in [1.29, 1.82) is 0 Å². The highest BCUT2D eigenvalue weighted by Crippen LogP contribution is 2.25. The lowest BCUT2D eigenvalue weighted by molar-refractivity contribution is -0.131. The SMILES string of the molecule is O=C(O)C=Cc1cc(F)ccc1COc1ccccc1Cl. The second kappa shape index (κ2) is 6.90. The Morgan fingerprint density at radius 3 is 2.76 bits per heavy atom. The summed E-state index contributed by atoms with van der Waals surface area (Å²) in [4.78, 5) is 10.6. The van der Waals surface area contributed by atoms with Crippen molar-refractivity contribution in [2.45, 2.75) is 6.61 Å². The molecule has 0 amide bonds. The predicted octanol–water partition coefficient (Wildman–Crippen LogP) is 4.16. The van der Waals surface area contributed by atoms with Crippen LogP contribution in [0.2, 0.25) is 5.02 Å². The maximum Gasteiger partial charge on any atom is 0.328 e. The first-order chi connectivity index (χ1) is 10.1. The van der Waals surface area contributed by atoms with Crippen molar-refractivity contribution in [2.24, 2.45) is 0 Å². The van der Waals surface area contributed by atoms with Gasteiger partial charge in [0, 0.05) is 6.08 Å². The molecule has 1 N–H and O–H groups in total. The van der Waals surface area contributed by atoms with Crippen LogP contribution in [0.1, 0.15) is 11.1 Å². The molecule has 0 atom stereocenters. The minimum absolute atomic E-state index is 0.156. The Labute approximate surface area is 126 Å². The molecule has 0 saturated carbocycles. The van der Waals surface area contributed by atoms with Crippen molar-refractivity contribution in [3.63, 3.8) is 0 Å². The number of carboxylic acids is 1. The third-order valence-electron chi connectivity index (χ3n) is 2.73. The molecule has 0 radical (unpaired) electrons. The highest BCUT2D eigenvalue weighted by atomic mass is 35.5. The molecule has 0 aromatic heterocycles. The summed E-state index contributed by atoms with van der Waals surface area (Å²) in [6.45, 7) is 0.156. The fourth-order valence-electron chi connectivity index (χ4n) is 1.73. The van der Waals surface area contributed by atoms with Crippen LogP contribution >= 0.6 is 11.6 Å². The number of para-hydroxylation sites is 1. The lowest BCUT2D eigenvalue weighted by Crippen LogP contribution is -1.99. The normalized spacial score (nSPS) is 10.8. The molecule has 0 heterocycles.